The van der Waals surface area contributed by atoms with Crippen LogP contribution in [0.3, 0.4) is 0 Å². The van der Waals surface area contributed by atoms with E-state index in [1.807, 2.05) is 12.3 Å². The zero-order valence-corrected chi connectivity index (χ0v) is 21.3. The fourth-order valence-electron chi connectivity index (χ4n) is 3.30. The highest BCUT2D eigenvalue weighted by molar-refractivity contribution is 7.80. The van der Waals surface area contributed by atoms with Crippen LogP contribution in [0.2, 0.25) is 0 Å². The molecule has 1 N–H and O–H groups in total. The van der Waals surface area contributed by atoms with Gasteiger partial charge in [0, 0.05) is 33.0 Å². The van der Waals surface area contributed by atoms with Crippen LogP contribution in [0.25, 0.3) is 0 Å². The molecule has 4 nitrogen and oxygen atoms in total. The molecule has 0 saturated carbocycles. The zero-order chi connectivity index (χ0) is 25.1. The minimum absolute atomic E-state index is 0.00274. The van der Waals surface area contributed by atoms with Crippen molar-refractivity contribution in [3.8, 4) is 0 Å². The second kappa shape index (κ2) is 10.6. The van der Waals surface area contributed by atoms with E-state index < -0.39 is 18.2 Å². The van der Waals surface area contributed by atoms with Crippen LogP contribution in [0.4, 0.5) is 13.2 Å². The van der Waals surface area contributed by atoms with Crippen molar-refractivity contribution < 1.29 is 18.0 Å². The number of alkyl halides is 3. The summed E-state index contributed by atoms with van der Waals surface area (Å²) in [6.45, 7) is 7.43. The Morgan fingerprint density at radius 2 is 2.09 bits per heavy atom. The molecular formula is C23H20Cl2F3N3OS2. The molecule has 180 valence electrons. The van der Waals surface area contributed by atoms with Crippen LogP contribution < -0.4 is 5.32 Å². The molecule has 1 atom stereocenters. The van der Waals surface area contributed by atoms with Crippen LogP contribution in [-0.2, 0) is 11.4 Å². The van der Waals surface area contributed by atoms with Gasteiger partial charge in [-0.1, -0.05) is 59.3 Å². The number of rotatable bonds is 7. The summed E-state index contributed by atoms with van der Waals surface area (Å²) in [6.07, 6.45) is -2.92. The van der Waals surface area contributed by atoms with Gasteiger partial charge in [-0.05, 0) is 43.2 Å². The monoisotopic (exact) mass is 545 g/mol. The fraction of sp³-hybridized carbons (Fsp3) is 0.261. The van der Waals surface area contributed by atoms with Crippen LogP contribution in [0.1, 0.15) is 35.7 Å². The van der Waals surface area contributed by atoms with Crippen LogP contribution in [0.15, 0.2) is 68.6 Å². The highest BCUT2D eigenvalue weighted by Crippen LogP contribution is 2.46. The second-order valence-corrected chi connectivity index (χ2v) is 9.77. The van der Waals surface area contributed by atoms with Crippen molar-refractivity contribution in [2.75, 3.05) is 0 Å². The van der Waals surface area contributed by atoms with Crippen LogP contribution in [-0.4, -0.2) is 27.5 Å². The molecule has 1 aromatic heterocycles. The van der Waals surface area contributed by atoms with E-state index in [1.165, 1.54) is 17.4 Å². The lowest BCUT2D eigenvalue weighted by atomic mass is 9.86. The van der Waals surface area contributed by atoms with E-state index in [-0.39, 0.29) is 16.3 Å². The van der Waals surface area contributed by atoms with E-state index in [4.69, 9.17) is 40.3 Å². The fourth-order valence-corrected chi connectivity index (χ4v) is 4.63. The molecule has 1 aromatic carbocycles. The maximum atomic E-state index is 14.1. The first kappa shape index (κ1) is 26.4. The lowest BCUT2D eigenvalue weighted by Gasteiger charge is -2.29. The van der Waals surface area contributed by atoms with Crippen molar-refractivity contribution in [2.24, 2.45) is 5.16 Å². The van der Waals surface area contributed by atoms with Gasteiger partial charge in [-0.25, -0.2) is 4.98 Å². The maximum absolute atomic E-state index is 14.1. The minimum atomic E-state index is -4.78. The van der Waals surface area contributed by atoms with Crippen molar-refractivity contribution in [2.45, 2.75) is 38.6 Å². The number of halogens is 5. The number of thiocarbonyl (C=S) groups is 1. The number of aromatic nitrogens is 1. The standard InChI is InChI=1S/C23H20Cl2F3N3OS2/c1-13-6-16(4-5-19(13)21(33)29-10-18-11-34-12-30-18)20-9-22(32-31-20,23(26,27)28)14(2)7-17(25)8-15(3)24/h4-8,11-12H,2,9-10H2,1,3H3,(H,29,33)/b15-8+,17-7+. The van der Waals surface area contributed by atoms with E-state index in [0.29, 0.717) is 22.1 Å². The van der Waals surface area contributed by atoms with Gasteiger partial charge in [0.15, 0.2) is 0 Å². The predicted octanol–water partition coefficient (Wildman–Crippen LogP) is 7.16. The average molecular weight is 546 g/mol. The molecule has 0 fully saturated rings. The molecule has 0 saturated heterocycles. The molecule has 0 bridgehead atoms. The van der Waals surface area contributed by atoms with Gasteiger partial charge >= 0.3 is 6.18 Å². The Hall–Kier alpha value is -2.20. The normalized spacial score (nSPS) is 19.0. The number of hydrogen-bond donors (Lipinski definition) is 1. The summed E-state index contributed by atoms with van der Waals surface area (Å²) in [5.41, 5.74) is 1.68. The molecule has 0 aliphatic carbocycles. The van der Waals surface area contributed by atoms with E-state index in [2.05, 4.69) is 22.0 Å². The van der Waals surface area contributed by atoms with Gasteiger partial charge in [0.25, 0.3) is 5.60 Å². The number of oxime groups is 1. The number of nitrogens with one attached hydrogen (secondary N) is 1. The van der Waals surface area contributed by atoms with E-state index in [1.54, 1.807) is 30.6 Å². The number of aryl methyl sites for hydroxylation is 1. The summed E-state index contributed by atoms with van der Waals surface area (Å²) in [5, 5.41) is 9.13. The first-order valence-electron chi connectivity index (χ1n) is 9.91. The Balaban J connectivity index is 1.80. The second-order valence-electron chi connectivity index (χ2n) is 7.61. The quantitative estimate of drug-likeness (QED) is 0.296. The summed E-state index contributed by atoms with van der Waals surface area (Å²) in [5.74, 6) is 0. The molecule has 11 heteroatoms. The highest BCUT2D eigenvalue weighted by Gasteiger charge is 2.62. The van der Waals surface area contributed by atoms with Gasteiger partial charge in [0.1, 0.15) is 4.99 Å². The number of benzene rings is 1. The Labute approximate surface area is 214 Å². The molecule has 0 spiro atoms. The van der Waals surface area contributed by atoms with Crippen molar-refractivity contribution in [3.63, 3.8) is 0 Å². The molecular weight excluding hydrogens is 526 g/mol. The van der Waals surface area contributed by atoms with Crippen molar-refractivity contribution in [1.82, 2.24) is 10.3 Å². The SMILES string of the molecule is C=C(/C=C(Cl)\C=C(/C)Cl)C1(C(F)(F)F)CC(c2ccc(C(=S)NCc3cscn3)c(C)c2)=NO1. The number of nitrogens with zero attached hydrogens (tertiary/aromatic N) is 2. The minimum Gasteiger partial charge on any atom is -0.374 e. The largest absolute Gasteiger partial charge is 0.435 e. The Morgan fingerprint density at radius 1 is 1.35 bits per heavy atom. The first-order chi connectivity index (χ1) is 15.9. The van der Waals surface area contributed by atoms with Gasteiger partial charge in [-0.2, -0.15) is 13.2 Å². The molecule has 2 aromatic rings. The lowest BCUT2D eigenvalue weighted by Crippen LogP contribution is -2.46. The van der Waals surface area contributed by atoms with E-state index in [0.717, 1.165) is 22.9 Å². The topological polar surface area (TPSA) is 46.5 Å². The Kier molecular flexibility index (Phi) is 8.23. The number of thiazole rings is 1. The predicted molar refractivity (Wildman–Crippen MR) is 136 cm³/mol. The van der Waals surface area contributed by atoms with Crippen molar-refractivity contribution in [3.05, 3.63) is 85.8 Å². The Bertz CT molecular complexity index is 1190. The summed E-state index contributed by atoms with van der Waals surface area (Å²) < 4.78 is 42.3. The third kappa shape index (κ3) is 5.89. The molecule has 1 unspecified atom stereocenters. The number of allylic oxidation sites excluding steroid dienone is 3. The van der Waals surface area contributed by atoms with Crippen molar-refractivity contribution in [1.29, 1.82) is 0 Å². The molecule has 3 rings (SSSR count). The average Bonchev–Trinajstić information content (AvgIpc) is 3.41. The van der Waals surface area contributed by atoms with Gasteiger partial charge in [0.05, 0.1) is 23.5 Å². The van der Waals surface area contributed by atoms with Crippen molar-refractivity contribution >= 4 is 57.5 Å². The van der Waals surface area contributed by atoms with Gasteiger partial charge in [-0.15, -0.1) is 11.3 Å². The summed E-state index contributed by atoms with van der Waals surface area (Å²) in [4.78, 5) is 9.71. The van der Waals surface area contributed by atoms with Crippen LogP contribution in [0, 0.1) is 6.92 Å². The summed E-state index contributed by atoms with van der Waals surface area (Å²) in [6, 6.07) is 5.14. The zero-order valence-electron chi connectivity index (χ0n) is 18.2. The summed E-state index contributed by atoms with van der Waals surface area (Å²) in [7, 11) is 0. The lowest BCUT2D eigenvalue weighted by molar-refractivity contribution is -0.251. The molecule has 2 heterocycles. The van der Waals surface area contributed by atoms with E-state index in [9.17, 15) is 13.2 Å². The van der Waals surface area contributed by atoms with Gasteiger partial charge in [0.2, 0.25) is 0 Å². The Morgan fingerprint density at radius 3 is 2.68 bits per heavy atom. The number of hydrogen-bond acceptors (Lipinski definition) is 5. The molecule has 1 aliphatic heterocycles. The first-order valence-corrected chi connectivity index (χ1v) is 12.0. The molecule has 0 amide bonds. The van der Waals surface area contributed by atoms with Gasteiger partial charge < -0.3 is 10.2 Å². The third-order valence-electron chi connectivity index (χ3n) is 5.07. The van der Waals surface area contributed by atoms with Crippen LogP contribution >= 0.6 is 46.8 Å². The third-order valence-corrected chi connectivity index (χ3v) is 6.40. The smallest absolute Gasteiger partial charge is 0.374 e. The molecule has 0 radical (unpaired) electrons. The van der Waals surface area contributed by atoms with Crippen LogP contribution in [0.5, 0.6) is 0 Å². The summed E-state index contributed by atoms with van der Waals surface area (Å²) >= 11 is 18.7. The molecule has 1 aliphatic rings. The maximum Gasteiger partial charge on any atom is 0.435 e. The molecule has 34 heavy (non-hydrogen) atoms. The van der Waals surface area contributed by atoms with E-state index >= 15 is 0 Å². The van der Waals surface area contributed by atoms with Gasteiger partial charge in [-0.3, -0.25) is 0 Å². The highest BCUT2D eigenvalue weighted by atomic mass is 35.5.